The molecule has 0 aliphatic heterocycles. The van der Waals surface area contributed by atoms with E-state index in [0.717, 1.165) is 35.0 Å². The zero-order chi connectivity index (χ0) is 18.0. The standard InChI is InChI=1S/C19H22N4OS/c1-12-11-25-17(20-12)10-23(4)9-15-5-7-16(8-6-15)18-21-14(3)13(2)19(24)22-18/h5-8,11H,9-10H2,1-4H3,(H,21,22,24). The van der Waals surface area contributed by atoms with Gasteiger partial charge in [0.25, 0.3) is 5.56 Å². The maximum absolute atomic E-state index is 11.9. The summed E-state index contributed by atoms with van der Waals surface area (Å²) >= 11 is 1.70. The van der Waals surface area contributed by atoms with Crippen molar-refractivity contribution < 1.29 is 0 Å². The van der Waals surface area contributed by atoms with Crippen LogP contribution in [0.3, 0.4) is 0 Å². The number of thiazole rings is 1. The Morgan fingerprint density at radius 3 is 2.40 bits per heavy atom. The van der Waals surface area contributed by atoms with E-state index in [1.54, 1.807) is 18.3 Å². The lowest BCUT2D eigenvalue weighted by Gasteiger charge is -2.15. The minimum Gasteiger partial charge on any atom is -0.306 e. The number of hydrogen-bond acceptors (Lipinski definition) is 5. The fourth-order valence-corrected chi connectivity index (χ4v) is 3.47. The largest absolute Gasteiger partial charge is 0.306 e. The first-order valence-electron chi connectivity index (χ1n) is 8.19. The van der Waals surface area contributed by atoms with Gasteiger partial charge in [0.05, 0.1) is 6.54 Å². The molecule has 1 N–H and O–H groups in total. The molecule has 0 aliphatic carbocycles. The van der Waals surface area contributed by atoms with Crippen molar-refractivity contribution in [2.75, 3.05) is 7.05 Å². The van der Waals surface area contributed by atoms with Gasteiger partial charge in [0.2, 0.25) is 0 Å². The molecule has 0 amide bonds. The number of aryl methyl sites for hydroxylation is 2. The Balaban J connectivity index is 1.71. The second kappa shape index (κ2) is 7.29. The van der Waals surface area contributed by atoms with E-state index in [-0.39, 0.29) is 5.56 Å². The number of benzene rings is 1. The third-order valence-electron chi connectivity index (χ3n) is 4.15. The Bertz CT molecular complexity index is 927. The molecule has 0 saturated carbocycles. The quantitative estimate of drug-likeness (QED) is 0.762. The fourth-order valence-electron chi connectivity index (χ4n) is 2.62. The Morgan fingerprint density at radius 2 is 1.80 bits per heavy atom. The molecule has 130 valence electrons. The molecular formula is C19H22N4OS. The summed E-state index contributed by atoms with van der Waals surface area (Å²) in [4.78, 5) is 26.0. The molecule has 0 spiro atoms. The van der Waals surface area contributed by atoms with Gasteiger partial charge in [-0.2, -0.15) is 0 Å². The molecule has 1 aromatic carbocycles. The van der Waals surface area contributed by atoms with Crippen LogP contribution in [0, 0.1) is 20.8 Å². The summed E-state index contributed by atoms with van der Waals surface area (Å²) in [5, 5.41) is 3.21. The van der Waals surface area contributed by atoms with Crippen molar-refractivity contribution >= 4 is 11.3 Å². The highest BCUT2D eigenvalue weighted by Crippen LogP contribution is 2.17. The van der Waals surface area contributed by atoms with Gasteiger partial charge in [-0.3, -0.25) is 9.69 Å². The zero-order valence-corrected chi connectivity index (χ0v) is 15.8. The molecule has 0 radical (unpaired) electrons. The number of aromatic amines is 1. The van der Waals surface area contributed by atoms with E-state index < -0.39 is 0 Å². The van der Waals surface area contributed by atoms with E-state index in [1.165, 1.54) is 5.56 Å². The van der Waals surface area contributed by atoms with Gasteiger partial charge in [0, 0.05) is 34.4 Å². The highest BCUT2D eigenvalue weighted by atomic mass is 32.1. The maximum atomic E-state index is 11.9. The van der Waals surface area contributed by atoms with Crippen LogP contribution < -0.4 is 5.56 Å². The van der Waals surface area contributed by atoms with Crippen molar-refractivity contribution in [3.05, 3.63) is 67.5 Å². The van der Waals surface area contributed by atoms with Gasteiger partial charge in [0.1, 0.15) is 10.8 Å². The zero-order valence-electron chi connectivity index (χ0n) is 15.0. The van der Waals surface area contributed by atoms with E-state index in [9.17, 15) is 4.79 Å². The van der Waals surface area contributed by atoms with E-state index in [4.69, 9.17) is 0 Å². The molecule has 0 saturated heterocycles. The smallest absolute Gasteiger partial charge is 0.254 e. The van der Waals surface area contributed by atoms with E-state index in [1.807, 2.05) is 26.0 Å². The van der Waals surface area contributed by atoms with Crippen molar-refractivity contribution in [1.29, 1.82) is 0 Å². The van der Waals surface area contributed by atoms with E-state index in [2.05, 4.69) is 44.4 Å². The topological polar surface area (TPSA) is 61.9 Å². The molecule has 0 bridgehead atoms. The highest BCUT2D eigenvalue weighted by molar-refractivity contribution is 7.09. The Hall–Kier alpha value is -2.31. The van der Waals surface area contributed by atoms with Crippen LogP contribution in [0.25, 0.3) is 11.4 Å². The van der Waals surface area contributed by atoms with Crippen molar-refractivity contribution in [1.82, 2.24) is 19.9 Å². The molecule has 3 rings (SSSR count). The van der Waals surface area contributed by atoms with Gasteiger partial charge in [-0.15, -0.1) is 11.3 Å². The number of H-pyrrole nitrogens is 1. The van der Waals surface area contributed by atoms with Crippen LogP contribution in [-0.2, 0) is 13.1 Å². The average Bonchev–Trinajstić information content (AvgIpc) is 2.97. The van der Waals surface area contributed by atoms with Crippen LogP contribution in [0.5, 0.6) is 0 Å². The van der Waals surface area contributed by atoms with Crippen LogP contribution >= 0.6 is 11.3 Å². The molecule has 0 atom stereocenters. The van der Waals surface area contributed by atoms with Crippen LogP contribution in [0.1, 0.15) is 27.5 Å². The SMILES string of the molecule is Cc1csc(CN(C)Cc2ccc(-c3nc(C)c(C)c(=O)[nH]3)cc2)n1. The molecule has 0 aliphatic rings. The summed E-state index contributed by atoms with van der Waals surface area (Å²) in [6, 6.07) is 8.16. The monoisotopic (exact) mass is 354 g/mol. The predicted octanol–water partition coefficient (Wildman–Crippen LogP) is 3.45. The third-order valence-corrected chi connectivity index (χ3v) is 5.10. The molecule has 2 heterocycles. The second-order valence-electron chi connectivity index (χ2n) is 6.38. The lowest BCUT2D eigenvalue weighted by Crippen LogP contribution is -2.17. The molecular weight excluding hydrogens is 332 g/mol. The van der Waals surface area contributed by atoms with Crippen molar-refractivity contribution in [2.45, 2.75) is 33.9 Å². The summed E-state index contributed by atoms with van der Waals surface area (Å²) < 4.78 is 0. The van der Waals surface area contributed by atoms with Gasteiger partial charge < -0.3 is 4.98 Å². The van der Waals surface area contributed by atoms with Gasteiger partial charge in [-0.05, 0) is 33.4 Å². The second-order valence-corrected chi connectivity index (χ2v) is 7.32. The Labute approximate surface area is 151 Å². The molecule has 25 heavy (non-hydrogen) atoms. The lowest BCUT2D eigenvalue weighted by atomic mass is 10.1. The number of hydrogen-bond donors (Lipinski definition) is 1. The van der Waals surface area contributed by atoms with Crippen LogP contribution in [0.15, 0.2) is 34.4 Å². The summed E-state index contributed by atoms with van der Waals surface area (Å²) in [5.41, 5.74) is 4.56. The first-order valence-corrected chi connectivity index (χ1v) is 9.06. The normalized spacial score (nSPS) is 11.2. The van der Waals surface area contributed by atoms with E-state index >= 15 is 0 Å². The van der Waals surface area contributed by atoms with Crippen molar-refractivity contribution in [3.8, 4) is 11.4 Å². The number of nitrogens with one attached hydrogen (secondary N) is 1. The number of rotatable bonds is 5. The summed E-state index contributed by atoms with van der Waals surface area (Å²) in [7, 11) is 2.09. The van der Waals surface area contributed by atoms with Gasteiger partial charge in [0.15, 0.2) is 0 Å². The maximum Gasteiger partial charge on any atom is 0.254 e. The van der Waals surface area contributed by atoms with Crippen molar-refractivity contribution in [2.24, 2.45) is 0 Å². The highest BCUT2D eigenvalue weighted by Gasteiger charge is 2.08. The third kappa shape index (κ3) is 4.21. The fraction of sp³-hybridized carbons (Fsp3) is 0.316. The van der Waals surface area contributed by atoms with Crippen LogP contribution in [0.4, 0.5) is 0 Å². The average molecular weight is 354 g/mol. The summed E-state index contributed by atoms with van der Waals surface area (Å²) in [5.74, 6) is 0.617. The molecule has 3 aromatic rings. The first-order chi connectivity index (χ1) is 11.9. The number of nitrogens with zero attached hydrogens (tertiary/aromatic N) is 3. The van der Waals surface area contributed by atoms with Crippen molar-refractivity contribution in [3.63, 3.8) is 0 Å². The first kappa shape index (κ1) is 17.5. The molecule has 2 aromatic heterocycles. The van der Waals surface area contributed by atoms with Crippen LogP contribution in [-0.4, -0.2) is 26.9 Å². The van der Waals surface area contributed by atoms with Crippen LogP contribution in [0.2, 0.25) is 0 Å². The van der Waals surface area contributed by atoms with Gasteiger partial charge in [-0.1, -0.05) is 24.3 Å². The van der Waals surface area contributed by atoms with Gasteiger partial charge >= 0.3 is 0 Å². The Morgan fingerprint density at radius 1 is 1.08 bits per heavy atom. The molecule has 5 nitrogen and oxygen atoms in total. The summed E-state index contributed by atoms with van der Waals surface area (Å²) in [6.07, 6.45) is 0. The molecule has 0 fully saturated rings. The molecule has 0 unspecified atom stereocenters. The summed E-state index contributed by atoms with van der Waals surface area (Å²) in [6.45, 7) is 7.34. The van der Waals surface area contributed by atoms with E-state index in [0.29, 0.717) is 11.4 Å². The lowest BCUT2D eigenvalue weighted by molar-refractivity contribution is 0.318. The number of aromatic nitrogens is 3. The molecule has 6 heteroatoms. The Kier molecular flexibility index (Phi) is 5.11. The minimum absolute atomic E-state index is 0.0787. The minimum atomic E-state index is -0.0787. The van der Waals surface area contributed by atoms with Gasteiger partial charge in [-0.25, -0.2) is 9.97 Å². The predicted molar refractivity (Wildman–Crippen MR) is 102 cm³/mol.